The van der Waals surface area contributed by atoms with Gasteiger partial charge in [0.05, 0.1) is 11.7 Å². The van der Waals surface area contributed by atoms with E-state index in [1.807, 2.05) is 0 Å². The van der Waals surface area contributed by atoms with Gasteiger partial charge in [0.2, 0.25) is 0 Å². The summed E-state index contributed by atoms with van der Waals surface area (Å²) in [6, 6.07) is 0. The van der Waals surface area contributed by atoms with Crippen LogP contribution in [0.3, 0.4) is 0 Å². The van der Waals surface area contributed by atoms with E-state index in [-0.39, 0.29) is 11.1 Å². The lowest BCUT2D eigenvalue weighted by Gasteiger charge is -2.35. The summed E-state index contributed by atoms with van der Waals surface area (Å²) < 4.78 is 11.3. The van der Waals surface area contributed by atoms with E-state index in [1.165, 1.54) is 0 Å². The fourth-order valence-corrected chi connectivity index (χ4v) is 2.66. The third-order valence-electron chi connectivity index (χ3n) is 3.68. The van der Waals surface area contributed by atoms with E-state index >= 15 is 0 Å². The second kappa shape index (κ2) is 4.04. The van der Waals surface area contributed by atoms with Crippen molar-refractivity contribution in [2.24, 2.45) is 5.73 Å². The second-order valence-corrected chi connectivity index (χ2v) is 5.72. The highest BCUT2D eigenvalue weighted by Crippen LogP contribution is 2.35. The molecule has 2 aliphatic rings. The Morgan fingerprint density at radius 3 is 2.40 bits per heavy atom. The first-order chi connectivity index (χ1) is 6.99. The molecule has 0 spiro atoms. The summed E-state index contributed by atoms with van der Waals surface area (Å²) in [6.45, 7) is 5.96. The maximum atomic E-state index is 6.37. The SMILES string of the molecule is CC1(C)CCC(CC2(N)CCOCC2)O1. The van der Waals surface area contributed by atoms with Crippen LogP contribution in [0.25, 0.3) is 0 Å². The summed E-state index contributed by atoms with van der Waals surface area (Å²) in [4.78, 5) is 0. The molecule has 2 aliphatic heterocycles. The van der Waals surface area contributed by atoms with Crippen LogP contribution in [0.1, 0.15) is 46.0 Å². The Morgan fingerprint density at radius 2 is 1.87 bits per heavy atom. The molecular weight excluding hydrogens is 190 g/mol. The molecule has 2 rings (SSSR count). The molecule has 0 bridgehead atoms. The number of hydrogen-bond donors (Lipinski definition) is 1. The number of nitrogens with two attached hydrogens (primary N) is 1. The molecule has 2 N–H and O–H groups in total. The summed E-state index contributed by atoms with van der Waals surface area (Å²) >= 11 is 0. The lowest BCUT2D eigenvalue weighted by Crippen LogP contribution is -2.47. The van der Waals surface area contributed by atoms with Gasteiger partial charge in [0.25, 0.3) is 0 Å². The molecule has 0 aromatic carbocycles. The summed E-state index contributed by atoms with van der Waals surface area (Å²) in [5.41, 5.74) is 6.39. The smallest absolute Gasteiger partial charge is 0.0631 e. The van der Waals surface area contributed by atoms with Crippen LogP contribution in [0.15, 0.2) is 0 Å². The lowest BCUT2D eigenvalue weighted by molar-refractivity contribution is -0.0386. The predicted molar refractivity (Wildman–Crippen MR) is 59.8 cm³/mol. The standard InChI is InChI=1S/C12H23NO2/c1-11(2)4-3-10(15-11)9-12(13)5-7-14-8-6-12/h10H,3-9,13H2,1-2H3. The molecule has 1 atom stereocenters. The molecule has 15 heavy (non-hydrogen) atoms. The van der Waals surface area contributed by atoms with E-state index in [0.29, 0.717) is 6.10 Å². The van der Waals surface area contributed by atoms with Gasteiger partial charge < -0.3 is 15.2 Å². The van der Waals surface area contributed by atoms with Gasteiger partial charge in [-0.3, -0.25) is 0 Å². The molecule has 0 aromatic rings. The van der Waals surface area contributed by atoms with E-state index in [9.17, 15) is 0 Å². The van der Waals surface area contributed by atoms with Gasteiger partial charge in [0.1, 0.15) is 0 Å². The van der Waals surface area contributed by atoms with Crippen LogP contribution in [0.4, 0.5) is 0 Å². The number of ether oxygens (including phenoxy) is 2. The van der Waals surface area contributed by atoms with Crippen molar-refractivity contribution in [2.45, 2.75) is 63.2 Å². The van der Waals surface area contributed by atoms with Crippen molar-refractivity contribution in [3.63, 3.8) is 0 Å². The zero-order chi connectivity index (χ0) is 10.9. The van der Waals surface area contributed by atoms with Crippen molar-refractivity contribution in [1.82, 2.24) is 0 Å². The number of rotatable bonds is 2. The predicted octanol–water partition coefficient (Wildman–Crippen LogP) is 1.84. The van der Waals surface area contributed by atoms with Gasteiger partial charge in [-0.1, -0.05) is 0 Å². The molecule has 2 saturated heterocycles. The van der Waals surface area contributed by atoms with Crippen molar-refractivity contribution in [3.8, 4) is 0 Å². The molecule has 0 aromatic heterocycles. The zero-order valence-corrected chi connectivity index (χ0v) is 9.92. The highest BCUT2D eigenvalue weighted by atomic mass is 16.5. The normalized spacial score (nSPS) is 34.2. The van der Waals surface area contributed by atoms with Crippen LogP contribution in [-0.2, 0) is 9.47 Å². The lowest BCUT2D eigenvalue weighted by atomic mass is 9.85. The minimum Gasteiger partial charge on any atom is -0.381 e. The minimum absolute atomic E-state index is 0.0384. The van der Waals surface area contributed by atoms with E-state index in [1.54, 1.807) is 0 Å². The molecule has 2 fully saturated rings. The first-order valence-corrected chi connectivity index (χ1v) is 6.04. The first-order valence-electron chi connectivity index (χ1n) is 6.04. The van der Waals surface area contributed by atoms with Gasteiger partial charge in [-0.05, 0) is 46.0 Å². The van der Waals surface area contributed by atoms with Gasteiger partial charge in [0, 0.05) is 18.8 Å². The Labute approximate surface area is 92.3 Å². The summed E-state index contributed by atoms with van der Waals surface area (Å²) in [5.74, 6) is 0. The second-order valence-electron chi connectivity index (χ2n) is 5.72. The third-order valence-corrected chi connectivity index (χ3v) is 3.68. The Hall–Kier alpha value is -0.120. The quantitative estimate of drug-likeness (QED) is 0.761. The fourth-order valence-electron chi connectivity index (χ4n) is 2.66. The van der Waals surface area contributed by atoms with Gasteiger partial charge in [-0.25, -0.2) is 0 Å². The fraction of sp³-hybridized carbons (Fsp3) is 1.00. The van der Waals surface area contributed by atoms with Crippen molar-refractivity contribution >= 4 is 0 Å². The van der Waals surface area contributed by atoms with Gasteiger partial charge in [-0.15, -0.1) is 0 Å². The van der Waals surface area contributed by atoms with E-state index in [2.05, 4.69) is 13.8 Å². The van der Waals surface area contributed by atoms with Crippen molar-refractivity contribution in [1.29, 1.82) is 0 Å². The van der Waals surface area contributed by atoms with Gasteiger partial charge >= 0.3 is 0 Å². The molecule has 2 heterocycles. The maximum Gasteiger partial charge on any atom is 0.0631 e. The van der Waals surface area contributed by atoms with Crippen LogP contribution < -0.4 is 5.73 Å². The Bertz CT molecular complexity index is 222. The van der Waals surface area contributed by atoms with Crippen molar-refractivity contribution in [3.05, 3.63) is 0 Å². The number of hydrogen-bond acceptors (Lipinski definition) is 3. The third kappa shape index (κ3) is 2.92. The summed E-state index contributed by atoms with van der Waals surface area (Å²) in [5, 5.41) is 0. The van der Waals surface area contributed by atoms with E-state index < -0.39 is 0 Å². The van der Waals surface area contributed by atoms with Crippen molar-refractivity contribution in [2.75, 3.05) is 13.2 Å². The molecule has 0 amide bonds. The van der Waals surface area contributed by atoms with E-state index in [4.69, 9.17) is 15.2 Å². The molecule has 3 nitrogen and oxygen atoms in total. The Balaban J connectivity index is 1.86. The van der Waals surface area contributed by atoms with Gasteiger partial charge in [0.15, 0.2) is 0 Å². The average molecular weight is 213 g/mol. The largest absolute Gasteiger partial charge is 0.381 e. The molecule has 0 saturated carbocycles. The maximum absolute atomic E-state index is 6.37. The molecule has 1 unspecified atom stereocenters. The van der Waals surface area contributed by atoms with Crippen LogP contribution >= 0.6 is 0 Å². The summed E-state index contributed by atoms with van der Waals surface area (Å²) in [6.07, 6.45) is 5.64. The van der Waals surface area contributed by atoms with Crippen LogP contribution in [0.2, 0.25) is 0 Å². The molecule has 0 aliphatic carbocycles. The van der Waals surface area contributed by atoms with Crippen LogP contribution in [0, 0.1) is 0 Å². The Morgan fingerprint density at radius 1 is 1.20 bits per heavy atom. The molecule has 88 valence electrons. The average Bonchev–Trinajstić information content (AvgIpc) is 2.45. The topological polar surface area (TPSA) is 44.5 Å². The van der Waals surface area contributed by atoms with Crippen molar-refractivity contribution < 1.29 is 9.47 Å². The summed E-state index contributed by atoms with van der Waals surface area (Å²) in [7, 11) is 0. The van der Waals surface area contributed by atoms with Crippen LogP contribution in [0.5, 0.6) is 0 Å². The minimum atomic E-state index is -0.0384. The highest BCUT2D eigenvalue weighted by Gasteiger charge is 2.37. The first kappa shape index (κ1) is 11.4. The van der Waals surface area contributed by atoms with Gasteiger partial charge in [-0.2, -0.15) is 0 Å². The molecule has 0 radical (unpaired) electrons. The highest BCUT2D eigenvalue weighted by molar-refractivity contribution is 4.92. The zero-order valence-electron chi connectivity index (χ0n) is 9.92. The van der Waals surface area contributed by atoms with Crippen LogP contribution in [-0.4, -0.2) is 30.5 Å². The Kier molecular flexibility index (Phi) is 3.06. The molecular formula is C12H23NO2. The molecule has 3 heteroatoms. The van der Waals surface area contributed by atoms with E-state index in [0.717, 1.165) is 45.3 Å². The monoisotopic (exact) mass is 213 g/mol.